The van der Waals surface area contributed by atoms with E-state index < -0.39 is 28.5 Å². The highest BCUT2D eigenvalue weighted by molar-refractivity contribution is 9.10. The molecule has 1 N–H and O–H groups in total. The summed E-state index contributed by atoms with van der Waals surface area (Å²) in [6, 6.07) is 29.6. The first-order chi connectivity index (χ1) is 23.2. The number of carbonyl (C=O) groups is 2. The third kappa shape index (κ3) is 8.85. The molecule has 1 atom stereocenters. The molecule has 0 aromatic heterocycles. The largest absolute Gasteiger partial charge is 0.492 e. The van der Waals surface area contributed by atoms with Crippen molar-refractivity contribution in [2.75, 3.05) is 17.5 Å². The Morgan fingerprint density at radius 1 is 0.896 bits per heavy atom. The number of rotatable bonds is 14. The van der Waals surface area contributed by atoms with Gasteiger partial charge in [0, 0.05) is 23.5 Å². The summed E-state index contributed by atoms with van der Waals surface area (Å²) in [5, 5.41) is 3.21. The van der Waals surface area contributed by atoms with Gasteiger partial charge in [-0.1, -0.05) is 101 Å². The maximum atomic E-state index is 14.8. The number of anilines is 1. The zero-order valence-corrected chi connectivity index (χ0v) is 29.8. The van der Waals surface area contributed by atoms with Gasteiger partial charge in [0.1, 0.15) is 18.3 Å². The predicted molar refractivity (Wildman–Crippen MR) is 192 cm³/mol. The molecular formula is C38H42BrN3O5S. The Hall–Kier alpha value is -4.15. The number of sulfonamides is 1. The Kier molecular flexibility index (Phi) is 11.9. The van der Waals surface area contributed by atoms with Crippen molar-refractivity contribution in [3.05, 3.63) is 124 Å². The van der Waals surface area contributed by atoms with Gasteiger partial charge in [-0.25, -0.2) is 8.42 Å². The molecule has 0 radical (unpaired) electrons. The second-order valence-corrected chi connectivity index (χ2v) is 14.9. The van der Waals surface area contributed by atoms with Crippen LogP contribution < -0.4 is 14.4 Å². The van der Waals surface area contributed by atoms with Crippen molar-refractivity contribution < 1.29 is 22.7 Å². The van der Waals surface area contributed by atoms with Crippen LogP contribution in [0.5, 0.6) is 5.75 Å². The molecule has 4 aromatic rings. The molecule has 1 aliphatic rings. The van der Waals surface area contributed by atoms with Crippen LogP contribution in [0, 0.1) is 6.92 Å². The summed E-state index contributed by atoms with van der Waals surface area (Å²) >= 11 is 3.53. The number of halogens is 1. The van der Waals surface area contributed by atoms with Crippen molar-refractivity contribution in [3.8, 4) is 5.75 Å². The molecule has 8 nitrogen and oxygen atoms in total. The Bertz CT molecular complexity index is 1790. The molecule has 48 heavy (non-hydrogen) atoms. The quantitative estimate of drug-likeness (QED) is 0.150. The van der Waals surface area contributed by atoms with Gasteiger partial charge in [-0.3, -0.25) is 13.9 Å². The smallest absolute Gasteiger partial charge is 0.264 e. The summed E-state index contributed by atoms with van der Waals surface area (Å²) in [6.07, 6.45) is 4.12. The third-order valence-electron chi connectivity index (χ3n) is 8.54. The van der Waals surface area contributed by atoms with E-state index in [-0.39, 0.29) is 35.5 Å². The minimum atomic E-state index is -4.25. The van der Waals surface area contributed by atoms with Gasteiger partial charge < -0.3 is 15.0 Å². The van der Waals surface area contributed by atoms with Gasteiger partial charge in [0.2, 0.25) is 11.8 Å². The van der Waals surface area contributed by atoms with E-state index in [0.717, 1.165) is 51.2 Å². The Morgan fingerprint density at radius 3 is 2.25 bits per heavy atom. The van der Waals surface area contributed by atoms with E-state index in [9.17, 15) is 18.0 Å². The van der Waals surface area contributed by atoms with E-state index in [0.29, 0.717) is 12.4 Å². The average molecular weight is 733 g/mol. The van der Waals surface area contributed by atoms with Crippen LogP contribution >= 0.6 is 15.9 Å². The Balaban J connectivity index is 1.59. The van der Waals surface area contributed by atoms with E-state index in [1.54, 1.807) is 36.4 Å². The maximum Gasteiger partial charge on any atom is 0.264 e. The molecule has 0 heterocycles. The van der Waals surface area contributed by atoms with Crippen molar-refractivity contribution in [2.45, 2.75) is 69.5 Å². The van der Waals surface area contributed by atoms with Gasteiger partial charge >= 0.3 is 0 Å². The standard InChI is InChI=1S/C38H42BrN3O5S/c1-3-47-36-19-10-9-18-34(36)42(48(45,46)33-22-20-28(2)21-23-33)27-37(43)41(26-30-14-11-15-31(39)24-30)35(25-29-12-5-4-6-13-29)38(44)40-32-16-7-8-17-32/h4-6,9-15,18-24,32,35H,3,7-8,16-17,25-27H2,1-2H3,(H,40,44)/t35-/m0/s1. The molecule has 10 heteroatoms. The second kappa shape index (κ2) is 16.3. The van der Waals surface area contributed by atoms with Crippen LogP contribution in [0.15, 0.2) is 112 Å². The molecule has 1 aliphatic carbocycles. The highest BCUT2D eigenvalue weighted by Gasteiger charge is 2.36. The Morgan fingerprint density at radius 2 is 1.56 bits per heavy atom. The predicted octanol–water partition coefficient (Wildman–Crippen LogP) is 7.05. The molecular weight excluding hydrogens is 690 g/mol. The number of para-hydroxylation sites is 2. The molecule has 0 aliphatic heterocycles. The van der Waals surface area contributed by atoms with Crippen LogP contribution in [0.2, 0.25) is 0 Å². The highest BCUT2D eigenvalue weighted by atomic mass is 79.9. The van der Waals surface area contributed by atoms with Crippen molar-refractivity contribution in [2.24, 2.45) is 0 Å². The molecule has 1 fully saturated rings. The zero-order chi connectivity index (χ0) is 34.1. The number of hydrogen-bond acceptors (Lipinski definition) is 5. The van der Waals surface area contributed by atoms with Crippen LogP contribution in [-0.4, -0.2) is 50.4 Å². The van der Waals surface area contributed by atoms with Crippen molar-refractivity contribution in [1.29, 1.82) is 0 Å². The summed E-state index contributed by atoms with van der Waals surface area (Å²) in [7, 11) is -4.25. The molecule has 252 valence electrons. The van der Waals surface area contributed by atoms with Crippen LogP contribution in [0.25, 0.3) is 0 Å². The number of amides is 2. The average Bonchev–Trinajstić information content (AvgIpc) is 3.59. The topological polar surface area (TPSA) is 96.0 Å². The lowest BCUT2D eigenvalue weighted by atomic mass is 10.0. The second-order valence-electron chi connectivity index (χ2n) is 12.1. The summed E-state index contributed by atoms with van der Waals surface area (Å²) in [5.41, 5.74) is 2.84. The minimum absolute atomic E-state index is 0.0371. The monoisotopic (exact) mass is 731 g/mol. The fourth-order valence-electron chi connectivity index (χ4n) is 6.05. The number of carbonyl (C=O) groups excluding carboxylic acids is 2. The third-order valence-corrected chi connectivity index (χ3v) is 10.8. The van der Waals surface area contributed by atoms with Crippen molar-refractivity contribution in [1.82, 2.24) is 10.2 Å². The molecule has 0 bridgehead atoms. The summed E-state index contributed by atoms with van der Waals surface area (Å²) in [6.45, 7) is 3.55. The van der Waals surface area contributed by atoms with Crippen LogP contribution in [0.1, 0.15) is 49.3 Å². The van der Waals surface area contributed by atoms with Gasteiger partial charge in [-0.15, -0.1) is 0 Å². The first-order valence-electron chi connectivity index (χ1n) is 16.3. The number of nitrogens with one attached hydrogen (secondary N) is 1. The van der Waals surface area contributed by atoms with Crippen LogP contribution in [0.3, 0.4) is 0 Å². The number of ether oxygens (including phenoxy) is 1. The fourth-order valence-corrected chi connectivity index (χ4v) is 7.92. The minimum Gasteiger partial charge on any atom is -0.492 e. The SMILES string of the molecule is CCOc1ccccc1N(CC(=O)N(Cc1cccc(Br)c1)[C@@H](Cc1ccccc1)C(=O)NC1CCCC1)S(=O)(=O)c1ccc(C)cc1. The van der Waals surface area contributed by atoms with Gasteiger partial charge in [-0.05, 0) is 74.2 Å². The molecule has 0 spiro atoms. The van der Waals surface area contributed by atoms with E-state index in [1.807, 2.05) is 68.4 Å². The van der Waals surface area contributed by atoms with Gasteiger partial charge in [0.05, 0.1) is 17.2 Å². The Labute approximate surface area is 292 Å². The lowest BCUT2D eigenvalue weighted by Crippen LogP contribution is -2.54. The first kappa shape index (κ1) is 35.2. The van der Waals surface area contributed by atoms with Gasteiger partial charge in [0.15, 0.2) is 0 Å². The van der Waals surface area contributed by atoms with Crippen LogP contribution in [0.4, 0.5) is 5.69 Å². The molecule has 1 saturated carbocycles. The maximum absolute atomic E-state index is 14.8. The lowest BCUT2D eigenvalue weighted by molar-refractivity contribution is -0.140. The van der Waals surface area contributed by atoms with Gasteiger partial charge in [0.25, 0.3) is 10.0 Å². The summed E-state index contributed by atoms with van der Waals surface area (Å²) in [5.74, 6) is -0.432. The lowest BCUT2D eigenvalue weighted by Gasteiger charge is -2.34. The molecule has 4 aromatic carbocycles. The van der Waals surface area contributed by atoms with Crippen molar-refractivity contribution in [3.63, 3.8) is 0 Å². The molecule has 2 amide bonds. The number of nitrogens with zero attached hydrogens (tertiary/aromatic N) is 2. The number of benzene rings is 4. The molecule has 0 unspecified atom stereocenters. The highest BCUT2D eigenvalue weighted by Crippen LogP contribution is 2.33. The van der Waals surface area contributed by atoms with E-state index in [4.69, 9.17) is 4.74 Å². The normalized spacial score (nSPS) is 13.9. The zero-order valence-electron chi connectivity index (χ0n) is 27.3. The van der Waals surface area contributed by atoms with Crippen LogP contribution in [-0.2, 0) is 32.6 Å². The van der Waals surface area contributed by atoms with E-state index >= 15 is 0 Å². The van der Waals surface area contributed by atoms with E-state index in [1.165, 1.54) is 17.0 Å². The number of hydrogen-bond donors (Lipinski definition) is 1. The van der Waals surface area contributed by atoms with Gasteiger partial charge in [-0.2, -0.15) is 0 Å². The number of aryl methyl sites for hydroxylation is 1. The van der Waals surface area contributed by atoms with Crippen molar-refractivity contribution >= 4 is 43.5 Å². The fraction of sp³-hybridized carbons (Fsp3) is 0.316. The van der Waals surface area contributed by atoms with E-state index in [2.05, 4.69) is 21.2 Å². The summed E-state index contributed by atoms with van der Waals surface area (Å²) in [4.78, 5) is 30.5. The molecule has 0 saturated heterocycles. The first-order valence-corrected chi connectivity index (χ1v) is 18.6. The summed E-state index contributed by atoms with van der Waals surface area (Å²) < 4.78 is 36.6. The molecule has 5 rings (SSSR count).